The second kappa shape index (κ2) is 7.12. The molecule has 0 spiro atoms. The molecule has 1 N–H and O–H groups in total. The minimum atomic E-state index is 0.131. The molecule has 1 aromatic rings. The van der Waals surface area contributed by atoms with E-state index in [0.29, 0.717) is 18.1 Å². The molecule has 0 aromatic heterocycles. The average Bonchev–Trinajstić information content (AvgIpc) is 3.01. The van der Waals surface area contributed by atoms with Crippen LogP contribution in [0, 0.1) is 16.7 Å². The number of amides is 2. The summed E-state index contributed by atoms with van der Waals surface area (Å²) in [6, 6.07) is 10.8. The van der Waals surface area contributed by atoms with Crippen molar-refractivity contribution in [3.05, 3.63) is 35.9 Å². The summed E-state index contributed by atoms with van der Waals surface area (Å²) < 4.78 is 6.06. The fourth-order valence-electron chi connectivity index (χ4n) is 5.68. The van der Waals surface area contributed by atoms with Gasteiger partial charge < -0.3 is 15.0 Å². The van der Waals surface area contributed by atoms with E-state index in [4.69, 9.17) is 4.74 Å². The number of hydrogen-bond donors (Lipinski definition) is 1. The summed E-state index contributed by atoms with van der Waals surface area (Å²) in [5.41, 5.74) is 1.79. The Balaban J connectivity index is 1.25. The van der Waals surface area contributed by atoms with Gasteiger partial charge in [0.1, 0.15) is 0 Å². The van der Waals surface area contributed by atoms with Crippen molar-refractivity contribution in [2.24, 2.45) is 16.7 Å². The van der Waals surface area contributed by atoms with Gasteiger partial charge in [0.05, 0.1) is 12.7 Å². The molecule has 4 nitrogen and oxygen atoms in total. The molecule has 2 amide bonds. The summed E-state index contributed by atoms with van der Waals surface area (Å²) in [6.45, 7) is 9.42. The van der Waals surface area contributed by atoms with Gasteiger partial charge in [0.2, 0.25) is 0 Å². The van der Waals surface area contributed by atoms with Crippen molar-refractivity contribution in [2.75, 3.05) is 13.1 Å². The quantitative estimate of drug-likeness (QED) is 0.842. The summed E-state index contributed by atoms with van der Waals surface area (Å²) in [4.78, 5) is 14.8. The summed E-state index contributed by atoms with van der Waals surface area (Å²) in [5.74, 6) is 0.755. The van der Waals surface area contributed by atoms with Gasteiger partial charge in [0.25, 0.3) is 0 Å². The van der Waals surface area contributed by atoms with E-state index >= 15 is 0 Å². The molecule has 2 saturated carbocycles. The first kappa shape index (κ1) is 18.8. The van der Waals surface area contributed by atoms with Gasteiger partial charge >= 0.3 is 6.03 Å². The number of fused-ring (bicyclic) bond motifs is 2. The topological polar surface area (TPSA) is 41.6 Å². The number of benzene rings is 1. The van der Waals surface area contributed by atoms with Crippen molar-refractivity contribution in [3.8, 4) is 0 Å². The van der Waals surface area contributed by atoms with E-state index in [1.165, 1.54) is 18.4 Å². The first-order valence-corrected chi connectivity index (χ1v) is 10.6. The van der Waals surface area contributed by atoms with Crippen LogP contribution >= 0.6 is 0 Å². The van der Waals surface area contributed by atoms with Crippen molar-refractivity contribution in [2.45, 2.75) is 71.6 Å². The molecule has 2 aliphatic carbocycles. The predicted molar refractivity (Wildman–Crippen MR) is 107 cm³/mol. The molecule has 4 heteroatoms. The van der Waals surface area contributed by atoms with Crippen LogP contribution in [-0.2, 0) is 11.3 Å². The van der Waals surface area contributed by atoms with E-state index in [9.17, 15) is 4.79 Å². The Morgan fingerprint density at radius 1 is 1.15 bits per heavy atom. The highest BCUT2D eigenvalue weighted by Crippen LogP contribution is 2.65. The summed E-state index contributed by atoms with van der Waals surface area (Å²) >= 11 is 0. The molecule has 1 heterocycles. The van der Waals surface area contributed by atoms with Crippen molar-refractivity contribution >= 4 is 6.03 Å². The standard InChI is InChI=1S/C23H34N2O2/c1-22(2)18-9-12-23(22,3)20(15-18)24-21(26)25-13-10-19(11-14-25)27-16-17-7-5-4-6-8-17/h4-8,18-20H,9-16H2,1-3H3,(H,24,26). The molecular formula is C23H34N2O2. The van der Waals surface area contributed by atoms with Gasteiger partial charge in [-0.15, -0.1) is 0 Å². The maximum Gasteiger partial charge on any atom is 0.317 e. The van der Waals surface area contributed by atoms with Crippen LogP contribution in [0.1, 0.15) is 58.4 Å². The number of carbonyl (C=O) groups excluding carboxylic acids is 1. The molecular weight excluding hydrogens is 336 g/mol. The van der Waals surface area contributed by atoms with Crippen LogP contribution in [0.25, 0.3) is 0 Å². The number of carbonyl (C=O) groups is 1. The van der Waals surface area contributed by atoms with Crippen LogP contribution in [0.5, 0.6) is 0 Å². The molecule has 27 heavy (non-hydrogen) atoms. The van der Waals surface area contributed by atoms with Gasteiger partial charge in [-0.1, -0.05) is 51.1 Å². The summed E-state index contributed by atoms with van der Waals surface area (Å²) in [7, 11) is 0. The lowest BCUT2D eigenvalue weighted by atomic mass is 9.69. The largest absolute Gasteiger partial charge is 0.373 e. The third-order valence-corrected chi connectivity index (χ3v) is 8.15. The SMILES string of the molecule is CC1(C)C2CCC1(C)C(NC(=O)N1CCC(OCc3ccccc3)CC1)C2. The Bertz CT molecular complexity index is 666. The van der Waals surface area contributed by atoms with E-state index in [1.54, 1.807) is 0 Å². The number of nitrogens with zero attached hydrogens (tertiary/aromatic N) is 1. The zero-order chi connectivity index (χ0) is 19.1. The zero-order valence-electron chi connectivity index (χ0n) is 17.0. The third-order valence-electron chi connectivity index (χ3n) is 8.15. The molecule has 1 aromatic carbocycles. The number of piperidine rings is 1. The summed E-state index contributed by atoms with van der Waals surface area (Å²) in [5, 5.41) is 3.39. The Labute approximate surface area is 163 Å². The normalized spacial score (nSPS) is 32.6. The van der Waals surface area contributed by atoms with Crippen LogP contribution in [0.4, 0.5) is 4.79 Å². The second-order valence-corrected chi connectivity index (χ2v) is 9.60. The maximum atomic E-state index is 12.8. The molecule has 3 aliphatic rings. The molecule has 3 fully saturated rings. The Hall–Kier alpha value is -1.55. The van der Waals surface area contributed by atoms with E-state index in [1.807, 2.05) is 23.1 Å². The molecule has 0 radical (unpaired) electrons. The van der Waals surface area contributed by atoms with E-state index in [0.717, 1.165) is 38.3 Å². The summed E-state index contributed by atoms with van der Waals surface area (Å²) in [6.07, 6.45) is 5.82. The van der Waals surface area contributed by atoms with Crippen molar-refractivity contribution in [1.82, 2.24) is 10.2 Å². The van der Waals surface area contributed by atoms with E-state index in [-0.39, 0.29) is 17.6 Å². The van der Waals surface area contributed by atoms with Gasteiger partial charge in [-0.3, -0.25) is 0 Å². The minimum Gasteiger partial charge on any atom is -0.373 e. The second-order valence-electron chi connectivity index (χ2n) is 9.60. The van der Waals surface area contributed by atoms with Gasteiger partial charge in [-0.25, -0.2) is 4.79 Å². The number of nitrogens with one attached hydrogen (secondary N) is 1. The van der Waals surface area contributed by atoms with Crippen LogP contribution in [0.3, 0.4) is 0 Å². The van der Waals surface area contributed by atoms with Gasteiger partial charge in [-0.05, 0) is 54.4 Å². The van der Waals surface area contributed by atoms with E-state index < -0.39 is 0 Å². The lowest BCUT2D eigenvalue weighted by Crippen LogP contribution is -2.53. The van der Waals surface area contributed by atoms with E-state index in [2.05, 4.69) is 38.2 Å². The predicted octanol–water partition coefficient (Wildman–Crippen LogP) is 4.59. The molecule has 3 atom stereocenters. The Kier molecular flexibility index (Phi) is 4.96. The Morgan fingerprint density at radius 2 is 1.85 bits per heavy atom. The zero-order valence-corrected chi connectivity index (χ0v) is 17.0. The van der Waals surface area contributed by atoms with Gasteiger partial charge in [0, 0.05) is 19.1 Å². The minimum absolute atomic E-state index is 0.131. The van der Waals surface area contributed by atoms with Gasteiger partial charge in [0.15, 0.2) is 0 Å². The first-order valence-electron chi connectivity index (χ1n) is 10.6. The van der Waals surface area contributed by atoms with Crippen LogP contribution in [0.15, 0.2) is 30.3 Å². The van der Waals surface area contributed by atoms with Crippen LogP contribution < -0.4 is 5.32 Å². The van der Waals surface area contributed by atoms with Crippen molar-refractivity contribution in [3.63, 3.8) is 0 Å². The number of ether oxygens (including phenoxy) is 1. The Morgan fingerprint density at radius 3 is 2.44 bits per heavy atom. The fraction of sp³-hybridized carbons (Fsp3) is 0.696. The average molecular weight is 371 g/mol. The number of urea groups is 1. The molecule has 1 aliphatic heterocycles. The highest BCUT2D eigenvalue weighted by atomic mass is 16.5. The fourth-order valence-corrected chi connectivity index (χ4v) is 5.68. The number of hydrogen-bond acceptors (Lipinski definition) is 2. The monoisotopic (exact) mass is 370 g/mol. The van der Waals surface area contributed by atoms with Gasteiger partial charge in [-0.2, -0.15) is 0 Å². The lowest BCUT2D eigenvalue weighted by Gasteiger charge is -2.41. The van der Waals surface area contributed by atoms with Crippen molar-refractivity contribution in [1.29, 1.82) is 0 Å². The lowest BCUT2D eigenvalue weighted by molar-refractivity contribution is 0.00374. The highest BCUT2D eigenvalue weighted by molar-refractivity contribution is 5.75. The maximum absolute atomic E-state index is 12.8. The number of likely N-dealkylation sites (tertiary alicyclic amines) is 1. The molecule has 2 bridgehead atoms. The molecule has 4 rings (SSSR count). The molecule has 148 valence electrons. The molecule has 3 unspecified atom stereocenters. The van der Waals surface area contributed by atoms with Crippen LogP contribution in [-0.4, -0.2) is 36.2 Å². The highest BCUT2D eigenvalue weighted by Gasteiger charge is 2.61. The smallest absolute Gasteiger partial charge is 0.317 e. The van der Waals surface area contributed by atoms with Crippen LogP contribution in [0.2, 0.25) is 0 Å². The van der Waals surface area contributed by atoms with Crippen molar-refractivity contribution < 1.29 is 9.53 Å². The molecule has 1 saturated heterocycles. The first-order chi connectivity index (χ1) is 12.9. The number of rotatable bonds is 4. The third kappa shape index (κ3) is 3.37.